The number of pyridine rings is 2. The van der Waals surface area contributed by atoms with E-state index in [1.54, 1.807) is 12.4 Å². The zero-order valence-corrected chi connectivity index (χ0v) is 14.7. The van der Waals surface area contributed by atoms with Gasteiger partial charge < -0.3 is 15.5 Å². The number of nitrogens with one attached hydrogen (secondary N) is 1. The van der Waals surface area contributed by atoms with Gasteiger partial charge in [-0.15, -0.1) is 0 Å². The second kappa shape index (κ2) is 6.77. The van der Waals surface area contributed by atoms with Crippen LogP contribution in [-0.4, -0.2) is 19.4 Å². The summed E-state index contributed by atoms with van der Waals surface area (Å²) in [5.41, 5.74) is 10.3. The zero-order valence-electron chi connectivity index (χ0n) is 14.7. The third kappa shape index (κ3) is 2.93. The van der Waals surface area contributed by atoms with E-state index in [1.807, 2.05) is 37.4 Å². The first-order valence-electron chi connectivity index (χ1n) is 8.44. The van der Waals surface area contributed by atoms with Crippen LogP contribution < -0.4 is 11.1 Å². The Labute approximate surface area is 156 Å². The van der Waals surface area contributed by atoms with E-state index in [0.29, 0.717) is 5.82 Å². The maximum absolute atomic E-state index is 7.35. The molecule has 4 aromatic rings. The molecule has 0 fully saturated rings. The van der Waals surface area contributed by atoms with Gasteiger partial charge in [0.05, 0.1) is 18.3 Å². The number of aromatic nitrogens is 4. The Bertz CT molecular complexity index is 1140. The number of nitrogen functional groups attached to an aromatic ring is 1. The van der Waals surface area contributed by atoms with Crippen LogP contribution in [0.1, 0.15) is 18.5 Å². The predicted molar refractivity (Wildman–Crippen MR) is 105 cm³/mol. The minimum Gasteiger partial charge on any atom is -0.392 e. The van der Waals surface area contributed by atoms with Crippen molar-refractivity contribution in [3.05, 3.63) is 78.3 Å². The molecule has 27 heavy (non-hydrogen) atoms. The van der Waals surface area contributed by atoms with Crippen LogP contribution in [0.5, 0.6) is 0 Å². The van der Waals surface area contributed by atoms with Gasteiger partial charge in [-0.2, -0.15) is 0 Å². The number of nitrogens with two attached hydrogens (primary N) is 1. The molecule has 4 heterocycles. The molecule has 4 aromatic heterocycles. The standard InChI is InChI=1S/C20H17N7/c1-13(26-20-17(22-2)19(21)24-12-25-20)16-11-15-5-3-4-10-27(15)18(16)14-6-8-23-9-7-14/h3-13H,1H3,(H3,21,24,25,26). The van der Waals surface area contributed by atoms with Crippen LogP contribution >= 0.6 is 0 Å². The fourth-order valence-corrected chi connectivity index (χ4v) is 3.18. The molecule has 0 aliphatic heterocycles. The van der Waals surface area contributed by atoms with Crippen LogP contribution in [0.3, 0.4) is 0 Å². The van der Waals surface area contributed by atoms with Gasteiger partial charge >= 0.3 is 0 Å². The summed E-state index contributed by atoms with van der Waals surface area (Å²) < 4.78 is 2.15. The van der Waals surface area contributed by atoms with E-state index in [4.69, 9.17) is 12.3 Å². The highest BCUT2D eigenvalue weighted by atomic mass is 15.1. The Morgan fingerprint density at radius 3 is 2.78 bits per heavy atom. The maximum atomic E-state index is 7.35. The van der Waals surface area contributed by atoms with Crippen molar-refractivity contribution in [3.8, 4) is 11.3 Å². The molecule has 0 saturated heterocycles. The molecule has 0 radical (unpaired) electrons. The molecule has 0 saturated carbocycles. The number of hydrogen-bond acceptors (Lipinski definition) is 5. The molecule has 7 heteroatoms. The van der Waals surface area contributed by atoms with Gasteiger partial charge in [-0.3, -0.25) is 4.98 Å². The second-order valence-electron chi connectivity index (χ2n) is 6.11. The Balaban J connectivity index is 1.82. The minimum absolute atomic E-state index is 0.108. The predicted octanol–water partition coefficient (Wildman–Crippen LogP) is 4.10. The van der Waals surface area contributed by atoms with Crippen LogP contribution in [0.15, 0.2) is 61.3 Å². The van der Waals surface area contributed by atoms with E-state index in [0.717, 1.165) is 22.3 Å². The molecule has 0 bridgehead atoms. The van der Waals surface area contributed by atoms with Crippen molar-refractivity contribution in [3.63, 3.8) is 0 Å². The number of rotatable bonds is 4. The fraction of sp³-hybridized carbons (Fsp3) is 0.100. The van der Waals surface area contributed by atoms with Crippen LogP contribution in [0.4, 0.5) is 17.3 Å². The highest BCUT2D eigenvalue weighted by Crippen LogP contribution is 2.35. The second-order valence-corrected chi connectivity index (χ2v) is 6.11. The molecule has 4 rings (SSSR count). The SMILES string of the molecule is [C-]#[N+]c1c(N)ncnc1NC(C)c1cc2ccccn2c1-c1ccncc1. The van der Waals surface area contributed by atoms with Crippen molar-refractivity contribution in [1.29, 1.82) is 0 Å². The molecule has 3 N–H and O–H groups in total. The monoisotopic (exact) mass is 355 g/mol. The van der Waals surface area contributed by atoms with Gasteiger partial charge in [-0.25, -0.2) is 14.8 Å². The zero-order chi connectivity index (χ0) is 18.8. The van der Waals surface area contributed by atoms with E-state index >= 15 is 0 Å². The van der Waals surface area contributed by atoms with Crippen LogP contribution in [-0.2, 0) is 0 Å². The topological polar surface area (TPSA) is 85.5 Å². The Hall–Kier alpha value is -3.92. The molecule has 0 aliphatic rings. The van der Waals surface area contributed by atoms with E-state index < -0.39 is 0 Å². The Morgan fingerprint density at radius 2 is 2.00 bits per heavy atom. The molecule has 1 unspecified atom stereocenters. The van der Waals surface area contributed by atoms with E-state index in [9.17, 15) is 0 Å². The minimum atomic E-state index is -0.108. The number of nitrogens with zero attached hydrogens (tertiary/aromatic N) is 5. The Kier molecular flexibility index (Phi) is 4.15. The number of fused-ring (bicyclic) bond motifs is 1. The Morgan fingerprint density at radius 1 is 1.19 bits per heavy atom. The average Bonchev–Trinajstić information content (AvgIpc) is 3.08. The fourth-order valence-electron chi connectivity index (χ4n) is 3.18. The molecule has 132 valence electrons. The van der Waals surface area contributed by atoms with E-state index in [1.165, 1.54) is 6.33 Å². The average molecular weight is 355 g/mol. The summed E-state index contributed by atoms with van der Waals surface area (Å²) in [5, 5.41) is 3.32. The summed E-state index contributed by atoms with van der Waals surface area (Å²) in [7, 11) is 0. The summed E-state index contributed by atoms with van der Waals surface area (Å²) in [4.78, 5) is 15.7. The highest BCUT2D eigenvalue weighted by molar-refractivity contribution is 5.77. The maximum Gasteiger partial charge on any atom is 0.268 e. The van der Waals surface area contributed by atoms with Gasteiger partial charge in [0.25, 0.3) is 5.69 Å². The summed E-state index contributed by atoms with van der Waals surface area (Å²) in [6.07, 6.45) is 6.96. The van der Waals surface area contributed by atoms with Crippen LogP contribution in [0.25, 0.3) is 21.6 Å². The third-order valence-electron chi connectivity index (χ3n) is 4.45. The normalized spacial score (nSPS) is 11.9. The van der Waals surface area contributed by atoms with Crippen molar-refractivity contribution in [2.75, 3.05) is 11.1 Å². The quantitative estimate of drug-likeness (QED) is 0.538. The lowest BCUT2D eigenvalue weighted by molar-refractivity contribution is 0.875. The largest absolute Gasteiger partial charge is 0.392 e. The van der Waals surface area contributed by atoms with E-state index in [2.05, 4.69) is 41.6 Å². The molecular weight excluding hydrogens is 338 g/mol. The molecular formula is C20H17N7. The summed E-state index contributed by atoms with van der Waals surface area (Å²) in [5.74, 6) is 0.604. The van der Waals surface area contributed by atoms with Crippen LogP contribution in [0, 0.1) is 6.57 Å². The van der Waals surface area contributed by atoms with Gasteiger partial charge in [0.15, 0.2) is 0 Å². The number of anilines is 2. The molecule has 0 spiro atoms. The van der Waals surface area contributed by atoms with Gasteiger partial charge in [0, 0.05) is 35.2 Å². The van der Waals surface area contributed by atoms with Gasteiger partial charge in [0.2, 0.25) is 0 Å². The molecule has 0 aliphatic carbocycles. The lowest BCUT2D eigenvalue weighted by atomic mass is 10.0. The summed E-state index contributed by atoms with van der Waals surface area (Å²) >= 11 is 0. The van der Waals surface area contributed by atoms with Gasteiger partial charge in [0.1, 0.15) is 18.0 Å². The first-order chi connectivity index (χ1) is 13.2. The summed E-state index contributed by atoms with van der Waals surface area (Å²) in [6.45, 7) is 9.39. The third-order valence-corrected chi connectivity index (χ3v) is 4.45. The van der Waals surface area contributed by atoms with Crippen molar-refractivity contribution in [2.24, 2.45) is 0 Å². The van der Waals surface area contributed by atoms with Gasteiger partial charge in [-0.05, 0) is 37.3 Å². The lowest BCUT2D eigenvalue weighted by Gasteiger charge is -2.17. The molecule has 0 aromatic carbocycles. The molecule has 0 amide bonds. The van der Waals surface area contributed by atoms with Crippen LogP contribution in [0.2, 0.25) is 0 Å². The summed E-state index contributed by atoms with van der Waals surface area (Å²) in [6, 6.07) is 12.1. The smallest absolute Gasteiger partial charge is 0.268 e. The lowest BCUT2D eigenvalue weighted by Crippen LogP contribution is -2.09. The van der Waals surface area contributed by atoms with Crippen molar-refractivity contribution in [2.45, 2.75) is 13.0 Å². The van der Waals surface area contributed by atoms with Crippen molar-refractivity contribution in [1.82, 2.24) is 19.4 Å². The number of hydrogen-bond donors (Lipinski definition) is 2. The van der Waals surface area contributed by atoms with E-state index in [-0.39, 0.29) is 17.5 Å². The molecule has 7 nitrogen and oxygen atoms in total. The van der Waals surface area contributed by atoms with Gasteiger partial charge in [-0.1, -0.05) is 6.07 Å². The highest BCUT2D eigenvalue weighted by Gasteiger charge is 2.19. The molecule has 1 atom stereocenters. The van der Waals surface area contributed by atoms with Crippen molar-refractivity contribution < 1.29 is 0 Å². The first kappa shape index (κ1) is 16.5. The first-order valence-corrected chi connectivity index (χ1v) is 8.44. The van der Waals surface area contributed by atoms with Crippen molar-refractivity contribution >= 4 is 22.8 Å².